The fourth-order valence-corrected chi connectivity index (χ4v) is 2.07. The number of amides is 1. The predicted octanol–water partition coefficient (Wildman–Crippen LogP) is 0.574. The maximum Gasteiger partial charge on any atom is 0.294 e. The molecule has 1 unspecified atom stereocenters. The van der Waals surface area contributed by atoms with Gasteiger partial charge in [0.1, 0.15) is 6.61 Å². The molecule has 1 aliphatic heterocycles. The van der Waals surface area contributed by atoms with E-state index < -0.39 is 10.6 Å². The first-order valence-electron chi connectivity index (χ1n) is 6.11. The second kappa shape index (κ2) is 5.99. The van der Waals surface area contributed by atoms with E-state index in [0.29, 0.717) is 0 Å². The Bertz CT molecular complexity index is 319. The van der Waals surface area contributed by atoms with Crippen molar-refractivity contribution in [3.63, 3.8) is 0 Å². The summed E-state index contributed by atoms with van der Waals surface area (Å²) in [5, 5.41) is 12.1. The smallest absolute Gasteiger partial charge is 0.294 e. The Morgan fingerprint density at radius 1 is 1.56 bits per heavy atom. The first-order chi connectivity index (χ1) is 8.32. The van der Waals surface area contributed by atoms with Gasteiger partial charge < -0.3 is 10.2 Å². The molecule has 0 aromatic rings. The Morgan fingerprint density at radius 3 is 2.78 bits per heavy atom. The molecule has 7 heteroatoms. The SMILES string of the molecule is CN1CCCCC1C(=O)NC(C)(C)CO[N+](=O)[O-]. The molecular weight excluding hydrogens is 238 g/mol. The molecule has 0 aromatic heterocycles. The van der Waals surface area contributed by atoms with Crippen LogP contribution in [0.15, 0.2) is 0 Å². The van der Waals surface area contributed by atoms with Crippen LogP contribution in [0.4, 0.5) is 0 Å². The van der Waals surface area contributed by atoms with E-state index in [2.05, 4.69) is 10.2 Å². The molecule has 1 saturated heterocycles. The highest BCUT2D eigenvalue weighted by Crippen LogP contribution is 2.16. The lowest BCUT2D eigenvalue weighted by Gasteiger charge is -2.34. The van der Waals surface area contributed by atoms with Crippen LogP contribution in [-0.2, 0) is 9.63 Å². The number of nitrogens with zero attached hydrogens (tertiary/aromatic N) is 2. The van der Waals surface area contributed by atoms with Gasteiger partial charge in [0.2, 0.25) is 5.91 Å². The van der Waals surface area contributed by atoms with Crippen molar-refractivity contribution in [1.82, 2.24) is 10.2 Å². The lowest BCUT2D eigenvalue weighted by atomic mass is 10.00. The lowest BCUT2D eigenvalue weighted by molar-refractivity contribution is -0.759. The van der Waals surface area contributed by atoms with Crippen LogP contribution < -0.4 is 5.32 Å². The molecule has 7 nitrogen and oxygen atoms in total. The van der Waals surface area contributed by atoms with Crippen LogP contribution in [-0.4, -0.2) is 47.7 Å². The summed E-state index contributed by atoms with van der Waals surface area (Å²) in [4.78, 5) is 28.6. The van der Waals surface area contributed by atoms with Gasteiger partial charge in [0.25, 0.3) is 5.09 Å². The van der Waals surface area contributed by atoms with Crippen molar-refractivity contribution in [2.45, 2.75) is 44.7 Å². The first kappa shape index (κ1) is 14.7. The van der Waals surface area contributed by atoms with E-state index in [1.165, 1.54) is 0 Å². The minimum Gasteiger partial charge on any atom is -0.348 e. The highest BCUT2D eigenvalue weighted by atomic mass is 16.9. The van der Waals surface area contributed by atoms with Gasteiger partial charge in [-0.3, -0.25) is 9.69 Å². The van der Waals surface area contributed by atoms with Gasteiger partial charge in [0, 0.05) is 0 Å². The molecule has 0 bridgehead atoms. The zero-order valence-corrected chi connectivity index (χ0v) is 11.1. The third-order valence-corrected chi connectivity index (χ3v) is 3.07. The van der Waals surface area contributed by atoms with Gasteiger partial charge in [0.15, 0.2) is 0 Å². The molecule has 0 aliphatic carbocycles. The van der Waals surface area contributed by atoms with Gasteiger partial charge in [-0.25, -0.2) is 0 Å². The second-order valence-corrected chi connectivity index (χ2v) is 5.36. The molecule has 1 amide bonds. The summed E-state index contributed by atoms with van der Waals surface area (Å²) in [6.45, 7) is 4.17. The summed E-state index contributed by atoms with van der Waals surface area (Å²) in [7, 11) is 1.92. The van der Waals surface area contributed by atoms with Crippen molar-refractivity contribution in [2.24, 2.45) is 0 Å². The molecule has 1 atom stereocenters. The summed E-state index contributed by atoms with van der Waals surface area (Å²) >= 11 is 0. The van der Waals surface area contributed by atoms with Crippen molar-refractivity contribution < 1.29 is 14.7 Å². The quantitative estimate of drug-likeness (QED) is 0.576. The maximum atomic E-state index is 12.1. The summed E-state index contributed by atoms with van der Waals surface area (Å²) in [5.41, 5.74) is -0.748. The molecule has 104 valence electrons. The number of nitrogens with one attached hydrogen (secondary N) is 1. The van der Waals surface area contributed by atoms with Crippen LogP contribution in [0, 0.1) is 10.1 Å². The zero-order chi connectivity index (χ0) is 13.8. The highest BCUT2D eigenvalue weighted by Gasteiger charge is 2.30. The Labute approximate surface area is 107 Å². The van der Waals surface area contributed by atoms with Gasteiger partial charge in [-0.2, -0.15) is 0 Å². The molecule has 1 heterocycles. The Morgan fingerprint density at radius 2 is 2.22 bits per heavy atom. The van der Waals surface area contributed by atoms with Crippen molar-refractivity contribution in [1.29, 1.82) is 0 Å². The fourth-order valence-electron chi connectivity index (χ4n) is 2.07. The van der Waals surface area contributed by atoms with E-state index in [1.807, 2.05) is 11.9 Å². The minimum absolute atomic E-state index is 0.0888. The maximum absolute atomic E-state index is 12.1. The molecular formula is C11H21N3O4. The minimum atomic E-state index is -0.847. The largest absolute Gasteiger partial charge is 0.348 e. The van der Waals surface area contributed by atoms with Crippen molar-refractivity contribution in [3.8, 4) is 0 Å². The number of likely N-dealkylation sites (N-methyl/N-ethyl adjacent to an activating group) is 1. The molecule has 0 saturated carbocycles. The van der Waals surface area contributed by atoms with Gasteiger partial charge in [-0.15, -0.1) is 10.1 Å². The standard InChI is InChI=1S/C11H21N3O4/c1-11(2,8-18-14(16)17)12-10(15)9-6-4-5-7-13(9)3/h9H,4-8H2,1-3H3,(H,12,15). The van der Waals surface area contributed by atoms with Crippen LogP contribution >= 0.6 is 0 Å². The molecule has 0 radical (unpaired) electrons. The second-order valence-electron chi connectivity index (χ2n) is 5.36. The Hall–Kier alpha value is -1.37. The summed E-state index contributed by atoms with van der Waals surface area (Å²) in [6.07, 6.45) is 2.97. The Kier molecular flexibility index (Phi) is 4.89. The molecule has 0 aromatic carbocycles. The zero-order valence-electron chi connectivity index (χ0n) is 11.1. The third-order valence-electron chi connectivity index (χ3n) is 3.07. The number of rotatable bonds is 5. The van der Waals surface area contributed by atoms with E-state index >= 15 is 0 Å². The van der Waals surface area contributed by atoms with Crippen LogP contribution in [0.3, 0.4) is 0 Å². The van der Waals surface area contributed by atoms with Crippen LogP contribution in [0.1, 0.15) is 33.1 Å². The number of piperidine rings is 1. The van der Waals surface area contributed by atoms with Crippen molar-refractivity contribution >= 4 is 5.91 Å². The van der Waals surface area contributed by atoms with Crippen LogP contribution in [0.25, 0.3) is 0 Å². The fraction of sp³-hybridized carbons (Fsp3) is 0.909. The normalized spacial score (nSPS) is 21.4. The van der Waals surface area contributed by atoms with Gasteiger partial charge in [-0.05, 0) is 40.3 Å². The molecule has 1 rings (SSSR count). The van der Waals surface area contributed by atoms with E-state index in [4.69, 9.17) is 0 Å². The third kappa shape index (κ3) is 4.48. The number of carbonyl (C=O) groups is 1. The van der Waals surface area contributed by atoms with Crippen molar-refractivity contribution in [2.75, 3.05) is 20.2 Å². The number of hydrogen-bond donors (Lipinski definition) is 1. The predicted molar refractivity (Wildman–Crippen MR) is 65.4 cm³/mol. The monoisotopic (exact) mass is 259 g/mol. The topological polar surface area (TPSA) is 84.7 Å². The van der Waals surface area contributed by atoms with E-state index in [-0.39, 0.29) is 18.6 Å². The Balaban J connectivity index is 2.49. The van der Waals surface area contributed by atoms with Crippen molar-refractivity contribution in [3.05, 3.63) is 10.1 Å². The molecule has 1 fully saturated rings. The molecule has 1 N–H and O–H groups in total. The number of carbonyl (C=O) groups excluding carboxylic acids is 1. The number of likely N-dealkylation sites (tertiary alicyclic amines) is 1. The summed E-state index contributed by atoms with van der Waals surface area (Å²) < 4.78 is 0. The van der Waals surface area contributed by atoms with Crippen LogP contribution in [0.2, 0.25) is 0 Å². The van der Waals surface area contributed by atoms with Crippen LogP contribution in [0.5, 0.6) is 0 Å². The van der Waals surface area contributed by atoms with Gasteiger partial charge in [-0.1, -0.05) is 6.42 Å². The first-order valence-corrected chi connectivity index (χ1v) is 6.11. The highest BCUT2D eigenvalue weighted by molar-refractivity contribution is 5.82. The van der Waals surface area contributed by atoms with E-state index in [9.17, 15) is 14.9 Å². The van der Waals surface area contributed by atoms with E-state index in [0.717, 1.165) is 25.8 Å². The van der Waals surface area contributed by atoms with Gasteiger partial charge >= 0.3 is 0 Å². The molecule has 1 aliphatic rings. The molecule has 0 spiro atoms. The molecule has 18 heavy (non-hydrogen) atoms. The van der Waals surface area contributed by atoms with E-state index in [1.54, 1.807) is 13.8 Å². The number of hydrogen-bond acceptors (Lipinski definition) is 5. The average Bonchev–Trinajstić information content (AvgIpc) is 2.26. The van der Waals surface area contributed by atoms with Gasteiger partial charge in [0.05, 0.1) is 11.6 Å². The lowest BCUT2D eigenvalue weighted by Crippen LogP contribution is -2.55. The average molecular weight is 259 g/mol. The summed E-state index contributed by atoms with van der Waals surface area (Å²) in [5.74, 6) is -0.0888. The summed E-state index contributed by atoms with van der Waals surface area (Å²) in [6, 6.07) is -0.145.